The second-order valence-electron chi connectivity index (χ2n) is 4.02. The third-order valence-electron chi connectivity index (χ3n) is 2.63. The molecule has 0 saturated carbocycles. The Hall–Kier alpha value is -1.79. The molecular weight excluding hydrogens is 348 g/mol. The van der Waals surface area contributed by atoms with Crippen LogP contribution in [0.5, 0.6) is 5.75 Å². The average molecular weight is 358 g/mol. The summed E-state index contributed by atoms with van der Waals surface area (Å²) < 4.78 is 0.645. The minimum absolute atomic E-state index is 0.0707. The van der Waals surface area contributed by atoms with Gasteiger partial charge in [0, 0.05) is 16.6 Å². The summed E-state index contributed by atoms with van der Waals surface area (Å²) in [6.07, 6.45) is 2.82. The molecule has 1 aliphatic rings. The number of hydrogen-bond acceptors (Lipinski definition) is 3. The van der Waals surface area contributed by atoms with Crippen molar-refractivity contribution in [3.05, 3.63) is 45.5 Å². The third-order valence-corrected chi connectivity index (χ3v) is 3.38. The van der Waals surface area contributed by atoms with Crippen LogP contribution >= 0.6 is 27.5 Å². The van der Waals surface area contributed by atoms with Crippen molar-refractivity contribution in [1.29, 1.82) is 0 Å². The molecule has 1 fully saturated rings. The zero-order valence-corrected chi connectivity index (χ0v) is 12.5. The van der Waals surface area contributed by atoms with Gasteiger partial charge in [0.05, 0.1) is 5.02 Å². The highest BCUT2D eigenvalue weighted by atomic mass is 79.9. The molecule has 2 rings (SSSR count). The molecule has 1 aliphatic heterocycles. The highest BCUT2D eigenvalue weighted by Gasteiger charge is 2.32. The Morgan fingerprint density at radius 2 is 2.15 bits per heavy atom. The van der Waals surface area contributed by atoms with Crippen molar-refractivity contribution >= 4 is 45.5 Å². The molecule has 3 amide bonds. The van der Waals surface area contributed by atoms with Gasteiger partial charge in [-0.2, -0.15) is 0 Å². The summed E-state index contributed by atoms with van der Waals surface area (Å²) in [4.78, 5) is 24.6. The molecule has 2 N–H and O–H groups in total. The molecule has 0 atom stereocenters. The Morgan fingerprint density at radius 3 is 2.80 bits per heavy atom. The van der Waals surface area contributed by atoms with Gasteiger partial charge in [0.15, 0.2) is 0 Å². The van der Waals surface area contributed by atoms with E-state index in [4.69, 9.17) is 11.6 Å². The van der Waals surface area contributed by atoms with Crippen LogP contribution in [0.15, 0.2) is 35.0 Å². The van der Waals surface area contributed by atoms with Gasteiger partial charge in [-0.3, -0.25) is 9.69 Å². The van der Waals surface area contributed by atoms with Crippen LogP contribution < -0.4 is 5.32 Å². The van der Waals surface area contributed by atoms with E-state index >= 15 is 0 Å². The molecule has 0 spiro atoms. The molecule has 1 saturated heterocycles. The Labute approximate surface area is 128 Å². The summed E-state index contributed by atoms with van der Waals surface area (Å²) in [6, 6.07) is 2.59. The van der Waals surface area contributed by atoms with Crippen LogP contribution in [-0.2, 0) is 4.79 Å². The smallest absolute Gasteiger partial charge is 0.329 e. The molecule has 104 valence electrons. The fourth-order valence-corrected chi connectivity index (χ4v) is 2.55. The number of nitrogens with one attached hydrogen (secondary N) is 1. The van der Waals surface area contributed by atoms with Crippen LogP contribution in [0.1, 0.15) is 5.56 Å². The molecule has 20 heavy (non-hydrogen) atoms. The first-order chi connectivity index (χ1) is 9.43. The lowest BCUT2D eigenvalue weighted by molar-refractivity contribution is -0.122. The lowest BCUT2D eigenvalue weighted by Crippen LogP contribution is -2.30. The standard InChI is InChI=1S/C13H10BrClN2O3/c1-2-3-17-12(19)10(16-13(17)20)5-7-4-8(14)6-9(15)11(7)18/h2,4-6,18H,1,3H2,(H,16,20)/b10-5-. The molecule has 0 bridgehead atoms. The number of phenolic OH excluding ortho intramolecular Hbond substituents is 1. The summed E-state index contributed by atoms with van der Waals surface area (Å²) in [5, 5.41) is 12.4. The third kappa shape index (κ3) is 2.71. The summed E-state index contributed by atoms with van der Waals surface area (Å²) in [5.74, 6) is -0.642. The van der Waals surface area contributed by atoms with Gasteiger partial charge in [0.1, 0.15) is 11.4 Å². The van der Waals surface area contributed by atoms with Crippen molar-refractivity contribution in [3.63, 3.8) is 0 Å². The van der Waals surface area contributed by atoms with Crippen LogP contribution in [0.3, 0.4) is 0 Å². The number of carbonyl (C=O) groups excluding carboxylic acids is 2. The van der Waals surface area contributed by atoms with Gasteiger partial charge < -0.3 is 10.4 Å². The van der Waals surface area contributed by atoms with Crippen LogP contribution in [0.25, 0.3) is 6.08 Å². The SMILES string of the molecule is C=CCN1C(=O)N/C(=C\c2cc(Br)cc(Cl)c2O)C1=O. The number of nitrogens with zero attached hydrogens (tertiary/aromatic N) is 1. The number of imide groups is 1. The van der Waals surface area contributed by atoms with Crippen LogP contribution in [0.4, 0.5) is 4.79 Å². The van der Waals surface area contributed by atoms with E-state index in [0.29, 0.717) is 10.0 Å². The number of amides is 3. The Morgan fingerprint density at radius 1 is 1.45 bits per heavy atom. The average Bonchev–Trinajstić information content (AvgIpc) is 2.63. The highest BCUT2D eigenvalue weighted by Crippen LogP contribution is 2.33. The van der Waals surface area contributed by atoms with Crippen molar-refractivity contribution in [1.82, 2.24) is 10.2 Å². The zero-order valence-electron chi connectivity index (χ0n) is 10.2. The van der Waals surface area contributed by atoms with E-state index in [0.717, 1.165) is 4.90 Å². The molecule has 0 unspecified atom stereocenters. The predicted octanol–water partition coefficient (Wildman–Crippen LogP) is 2.89. The van der Waals surface area contributed by atoms with E-state index in [1.54, 1.807) is 6.07 Å². The summed E-state index contributed by atoms with van der Waals surface area (Å²) >= 11 is 9.08. The van der Waals surface area contributed by atoms with Gasteiger partial charge in [0.2, 0.25) is 0 Å². The van der Waals surface area contributed by atoms with Crippen molar-refractivity contribution < 1.29 is 14.7 Å². The fourth-order valence-electron chi connectivity index (χ4n) is 1.72. The van der Waals surface area contributed by atoms with E-state index in [-0.39, 0.29) is 23.0 Å². The normalized spacial score (nSPS) is 16.7. The molecule has 0 aliphatic carbocycles. The molecule has 1 aromatic carbocycles. The number of rotatable bonds is 3. The Bertz CT molecular complexity index is 643. The first kappa shape index (κ1) is 14.6. The lowest BCUT2D eigenvalue weighted by atomic mass is 10.1. The minimum atomic E-state index is -0.526. The van der Waals surface area contributed by atoms with E-state index in [1.807, 2.05) is 0 Å². The molecule has 5 nitrogen and oxygen atoms in total. The van der Waals surface area contributed by atoms with Gasteiger partial charge in [-0.25, -0.2) is 4.79 Å². The van der Waals surface area contributed by atoms with Gasteiger partial charge in [-0.05, 0) is 18.2 Å². The second kappa shape index (κ2) is 5.68. The van der Waals surface area contributed by atoms with Crippen molar-refractivity contribution in [2.75, 3.05) is 6.54 Å². The van der Waals surface area contributed by atoms with Gasteiger partial charge in [-0.1, -0.05) is 33.6 Å². The predicted molar refractivity (Wildman–Crippen MR) is 79.2 cm³/mol. The number of aromatic hydroxyl groups is 1. The largest absolute Gasteiger partial charge is 0.506 e. The van der Waals surface area contributed by atoms with E-state index in [2.05, 4.69) is 27.8 Å². The lowest BCUT2D eigenvalue weighted by Gasteiger charge is -2.07. The first-order valence-electron chi connectivity index (χ1n) is 5.57. The molecule has 7 heteroatoms. The quantitative estimate of drug-likeness (QED) is 0.496. The van der Waals surface area contributed by atoms with E-state index < -0.39 is 11.9 Å². The van der Waals surface area contributed by atoms with Crippen molar-refractivity contribution in [2.45, 2.75) is 0 Å². The number of urea groups is 1. The maximum atomic E-state index is 12.0. The van der Waals surface area contributed by atoms with E-state index in [9.17, 15) is 14.7 Å². The van der Waals surface area contributed by atoms with Crippen LogP contribution in [-0.4, -0.2) is 28.5 Å². The molecule has 0 aromatic heterocycles. The van der Waals surface area contributed by atoms with Gasteiger partial charge in [0.25, 0.3) is 5.91 Å². The maximum absolute atomic E-state index is 12.0. The second-order valence-corrected chi connectivity index (χ2v) is 5.34. The molecular formula is C13H10BrClN2O3. The molecule has 1 heterocycles. The number of hydrogen-bond donors (Lipinski definition) is 2. The van der Waals surface area contributed by atoms with Crippen molar-refractivity contribution in [3.8, 4) is 5.75 Å². The summed E-state index contributed by atoms with van der Waals surface area (Å²) in [7, 11) is 0. The first-order valence-corrected chi connectivity index (χ1v) is 6.74. The van der Waals surface area contributed by atoms with Gasteiger partial charge >= 0.3 is 6.03 Å². The number of phenols is 1. The highest BCUT2D eigenvalue weighted by molar-refractivity contribution is 9.10. The summed E-state index contributed by atoms with van der Waals surface area (Å²) in [6.45, 7) is 3.60. The topological polar surface area (TPSA) is 69.6 Å². The minimum Gasteiger partial charge on any atom is -0.506 e. The Balaban J connectivity index is 2.40. The molecule has 0 radical (unpaired) electrons. The van der Waals surface area contributed by atoms with Gasteiger partial charge in [-0.15, -0.1) is 6.58 Å². The summed E-state index contributed by atoms with van der Waals surface area (Å²) in [5.41, 5.74) is 0.398. The molecule has 1 aromatic rings. The monoisotopic (exact) mass is 356 g/mol. The van der Waals surface area contributed by atoms with Crippen LogP contribution in [0, 0.1) is 0 Å². The number of benzene rings is 1. The van der Waals surface area contributed by atoms with Crippen molar-refractivity contribution in [2.24, 2.45) is 0 Å². The maximum Gasteiger partial charge on any atom is 0.329 e. The fraction of sp³-hybridized carbons (Fsp3) is 0.0769. The van der Waals surface area contributed by atoms with E-state index in [1.165, 1.54) is 18.2 Å². The Kier molecular flexibility index (Phi) is 4.15. The number of carbonyl (C=O) groups is 2. The number of halogens is 2. The van der Waals surface area contributed by atoms with Crippen LogP contribution in [0.2, 0.25) is 5.02 Å². The zero-order chi connectivity index (χ0) is 14.9.